The first-order valence-electron chi connectivity index (χ1n) is 6.68. The zero-order valence-electron chi connectivity index (χ0n) is 11.2. The molecule has 1 aliphatic heterocycles. The number of aryl methyl sites for hydroxylation is 1. The van der Waals surface area contributed by atoms with E-state index in [4.69, 9.17) is 16.3 Å². The van der Waals surface area contributed by atoms with Crippen molar-refractivity contribution in [2.75, 3.05) is 13.2 Å². The van der Waals surface area contributed by atoms with Gasteiger partial charge >= 0.3 is 0 Å². The van der Waals surface area contributed by atoms with Crippen molar-refractivity contribution in [1.82, 2.24) is 5.32 Å². The Morgan fingerprint density at radius 3 is 2.60 bits per heavy atom. The van der Waals surface area contributed by atoms with Crippen LogP contribution in [0.4, 0.5) is 0 Å². The third-order valence-corrected chi connectivity index (χ3v) is 3.75. The Bertz CT molecular complexity index is 502. The van der Waals surface area contributed by atoms with Crippen molar-refractivity contribution >= 4 is 17.5 Å². The quantitative estimate of drug-likeness (QED) is 0.927. The standard InChI is InChI=1S/C15H17ClN2O2/c16-13-4-1-12(2-5-13)3-6-14(19)18-15(11-17)7-9-20-10-8-15/h1-2,4-5H,3,6-10H2,(H,18,19). The predicted molar refractivity (Wildman–Crippen MR) is 76.3 cm³/mol. The molecule has 2 rings (SSSR count). The molecule has 106 valence electrons. The van der Waals surface area contributed by atoms with Gasteiger partial charge in [0.1, 0.15) is 5.54 Å². The number of ether oxygens (including phenoxy) is 1. The van der Waals surface area contributed by atoms with Crippen LogP contribution >= 0.6 is 11.6 Å². The van der Waals surface area contributed by atoms with Crippen LogP contribution in [0.5, 0.6) is 0 Å². The number of carbonyl (C=O) groups excluding carboxylic acids is 1. The molecule has 0 saturated carbocycles. The van der Waals surface area contributed by atoms with E-state index < -0.39 is 5.54 Å². The smallest absolute Gasteiger partial charge is 0.221 e. The van der Waals surface area contributed by atoms with Crippen molar-refractivity contribution in [3.05, 3.63) is 34.9 Å². The zero-order valence-corrected chi connectivity index (χ0v) is 11.9. The highest BCUT2D eigenvalue weighted by Crippen LogP contribution is 2.20. The van der Waals surface area contributed by atoms with Gasteiger partial charge in [0.05, 0.1) is 6.07 Å². The van der Waals surface area contributed by atoms with Gasteiger partial charge in [-0.25, -0.2) is 0 Å². The fourth-order valence-corrected chi connectivity index (χ4v) is 2.35. The lowest BCUT2D eigenvalue weighted by Crippen LogP contribution is -2.51. The number of rotatable bonds is 4. The molecule has 0 spiro atoms. The minimum atomic E-state index is -0.755. The number of hydrogen-bond donors (Lipinski definition) is 1. The number of benzene rings is 1. The van der Waals surface area contributed by atoms with E-state index in [1.54, 1.807) is 0 Å². The molecular weight excluding hydrogens is 276 g/mol. The van der Waals surface area contributed by atoms with Gasteiger partial charge in [0.2, 0.25) is 5.91 Å². The summed E-state index contributed by atoms with van der Waals surface area (Å²) in [6, 6.07) is 9.66. The highest BCUT2D eigenvalue weighted by atomic mass is 35.5. The molecule has 0 aliphatic carbocycles. The average Bonchev–Trinajstić information content (AvgIpc) is 2.47. The number of hydrogen-bond acceptors (Lipinski definition) is 3. The summed E-state index contributed by atoms with van der Waals surface area (Å²) in [6.07, 6.45) is 2.11. The molecule has 0 bridgehead atoms. The van der Waals surface area contributed by atoms with Crippen LogP contribution in [-0.4, -0.2) is 24.7 Å². The first-order chi connectivity index (χ1) is 9.63. The Hall–Kier alpha value is -1.57. The summed E-state index contributed by atoms with van der Waals surface area (Å²) >= 11 is 5.81. The molecule has 1 aromatic carbocycles. The molecule has 20 heavy (non-hydrogen) atoms. The number of nitrogens with one attached hydrogen (secondary N) is 1. The molecule has 0 aromatic heterocycles. The fourth-order valence-electron chi connectivity index (χ4n) is 2.22. The van der Waals surface area contributed by atoms with Crippen LogP contribution in [0.3, 0.4) is 0 Å². The average molecular weight is 293 g/mol. The summed E-state index contributed by atoms with van der Waals surface area (Å²) in [6.45, 7) is 1.04. The number of nitriles is 1. The van der Waals surface area contributed by atoms with Gasteiger partial charge in [0.25, 0.3) is 0 Å². The van der Waals surface area contributed by atoms with Crippen molar-refractivity contribution in [1.29, 1.82) is 5.26 Å². The summed E-state index contributed by atoms with van der Waals surface area (Å²) < 4.78 is 5.23. The summed E-state index contributed by atoms with van der Waals surface area (Å²) in [4.78, 5) is 12.0. The maximum absolute atomic E-state index is 12.0. The molecule has 0 atom stereocenters. The van der Waals surface area contributed by atoms with Crippen LogP contribution in [0, 0.1) is 11.3 Å². The second-order valence-electron chi connectivity index (χ2n) is 4.98. The normalized spacial score (nSPS) is 17.2. The molecule has 0 radical (unpaired) electrons. The fraction of sp³-hybridized carbons (Fsp3) is 0.467. The molecule has 1 amide bonds. The summed E-state index contributed by atoms with van der Waals surface area (Å²) in [5.41, 5.74) is 0.303. The second-order valence-corrected chi connectivity index (χ2v) is 5.42. The first-order valence-corrected chi connectivity index (χ1v) is 7.06. The van der Waals surface area contributed by atoms with Crippen LogP contribution in [0.2, 0.25) is 5.02 Å². The number of halogens is 1. The van der Waals surface area contributed by atoms with Crippen LogP contribution in [-0.2, 0) is 16.0 Å². The molecule has 1 N–H and O–H groups in total. The molecule has 4 nitrogen and oxygen atoms in total. The molecule has 1 aliphatic rings. The van der Waals surface area contributed by atoms with Gasteiger partial charge in [0, 0.05) is 37.5 Å². The lowest BCUT2D eigenvalue weighted by atomic mass is 9.91. The third kappa shape index (κ3) is 3.96. The summed E-state index contributed by atoms with van der Waals surface area (Å²) in [5, 5.41) is 12.8. The second kappa shape index (κ2) is 6.74. The van der Waals surface area contributed by atoms with E-state index in [2.05, 4.69) is 11.4 Å². The van der Waals surface area contributed by atoms with E-state index in [0.717, 1.165) is 5.56 Å². The molecule has 1 saturated heterocycles. The highest BCUT2D eigenvalue weighted by Gasteiger charge is 2.33. The topological polar surface area (TPSA) is 62.1 Å². The van der Waals surface area contributed by atoms with Gasteiger partial charge in [-0.05, 0) is 24.1 Å². The maximum Gasteiger partial charge on any atom is 0.221 e. The van der Waals surface area contributed by atoms with Crippen molar-refractivity contribution < 1.29 is 9.53 Å². The molecule has 1 aromatic rings. The van der Waals surface area contributed by atoms with E-state index in [9.17, 15) is 10.1 Å². The lowest BCUT2D eigenvalue weighted by molar-refractivity contribution is -0.123. The van der Waals surface area contributed by atoms with Gasteiger partial charge in [-0.1, -0.05) is 23.7 Å². The Morgan fingerprint density at radius 2 is 2.00 bits per heavy atom. The van der Waals surface area contributed by atoms with E-state index in [1.165, 1.54) is 0 Å². The third-order valence-electron chi connectivity index (χ3n) is 3.49. The van der Waals surface area contributed by atoms with E-state index in [-0.39, 0.29) is 5.91 Å². The van der Waals surface area contributed by atoms with Crippen LogP contribution in [0.25, 0.3) is 0 Å². The van der Waals surface area contributed by atoms with E-state index >= 15 is 0 Å². The summed E-state index contributed by atoms with van der Waals surface area (Å²) in [7, 11) is 0. The number of carbonyl (C=O) groups is 1. The largest absolute Gasteiger partial charge is 0.381 e. The van der Waals surface area contributed by atoms with Crippen molar-refractivity contribution in [3.8, 4) is 6.07 Å². The number of amides is 1. The molecule has 5 heteroatoms. The maximum atomic E-state index is 12.0. The zero-order chi connectivity index (χ0) is 14.4. The van der Waals surface area contributed by atoms with Gasteiger partial charge in [-0.3, -0.25) is 4.79 Å². The van der Waals surface area contributed by atoms with Gasteiger partial charge < -0.3 is 10.1 Å². The van der Waals surface area contributed by atoms with Gasteiger partial charge in [0.15, 0.2) is 0 Å². The molecule has 1 heterocycles. The molecular formula is C15H17ClN2O2. The van der Waals surface area contributed by atoms with Crippen LogP contribution in [0.1, 0.15) is 24.8 Å². The van der Waals surface area contributed by atoms with Gasteiger partial charge in [-0.2, -0.15) is 5.26 Å². The highest BCUT2D eigenvalue weighted by molar-refractivity contribution is 6.30. The monoisotopic (exact) mass is 292 g/mol. The van der Waals surface area contributed by atoms with E-state index in [0.29, 0.717) is 43.9 Å². The van der Waals surface area contributed by atoms with Crippen molar-refractivity contribution in [3.63, 3.8) is 0 Å². The predicted octanol–water partition coefficient (Wildman–Crippen LogP) is 2.46. The minimum Gasteiger partial charge on any atom is -0.381 e. The van der Waals surface area contributed by atoms with Crippen molar-refractivity contribution in [2.45, 2.75) is 31.2 Å². The Morgan fingerprint density at radius 1 is 1.35 bits per heavy atom. The van der Waals surface area contributed by atoms with Crippen molar-refractivity contribution in [2.24, 2.45) is 0 Å². The van der Waals surface area contributed by atoms with Crippen LogP contribution in [0.15, 0.2) is 24.3 Å². The van der Waals surface area contributed by atoms with E-state index in [1.807, 2.05) is 24.3 Å². The Balaban J connectivity index is 1.85. The molecule has 1 fully saturated rings. The van der Waals surface area contributed by atoms with Crippen LogP contribution < -0.4 is 5.32 Å². The summed E-state index contributed by atoms with van der Waals surface area (Å²) in [5.74, 6) is -0.0941. The van der Waals surface area contributed by atoms with Gasteiger partial charge in [-0.15, -0.1) is 0 Å². The number of nitrogens with zero attached hydrogens (tertiary/aromatic N) is 1. The SMILES string of the molecule is N#CC1(NC(=O)CCc2ccc(Cl)cc2)CCOCC1. The minimum absolute atomic E-state index is 0.0941. The Labute approximate surface area is 123 Å². The first kappa shape index (κ1) is 14.8. The Kier molecular flexibility index (Phi) is 4.99. The lowest BCUT2D eigenvalue weighted by Gasteiger charge is -2.31. The molecule has 0 unspecified atom stereocenters.